The summed E-state index contributed by atoms with van der Waals surface area (Å²) in [5, 5.41) is 25.9. The zero-order chi connectivity index (χ0) is 41.3. The van der Waals surface area contributed by atoms with Gasteiger partial charge in [0.25, 0.3) is 8.32 Å². The molecule has 2 aromatic carbocycles. The van der Waals surface area contributed by atoms with Crippen LogP contribution in [0.15, 0.2) is 60.7 Å². The topological polar surface area (TPSA) is 153 Å². The second-order valence-corrected chi connectivity index (χ2v) is 21.5. The van der Waals surface area contributed by atoms with Crippen molar-refractivity contribution >= 4 is 30.6 Å². The van der Waals surface area contributed by atoms with E-state index in [0.29, 0.717) is 6.42 Å². The first-order valence-electron chi connectivity index (χ1n) is 21.7. The van der Waals surface area contributed by atoms with Gasteiger partial charge in [-0.25, -0.2) is 0 Å². The summed E-state index contributed by atoms with van der Waals surface area (Å²) in [6.07, 6.45) is 11.1. The number of rotatable bonds is 24. The SMILES string of the molecule is CCCCCCCCCCCCCCCC(=O)O[C@H]1CN(C)[C@@H](CO[C@@H]2O[C@H](CN)[C@@H](O)[C@H]2O)C(=O)N[C@@H]1CO[Si](c1ccccc1)(c1ccccc1)C(C)(C)C. The van der Waals surface area contributed by atoms with Gasteiger partial charge in [0.2, 0.25) is 5.91 Å². The molecule has 5 N–H and O–H groups in total. The van der Waals surface area contributed by atoms with Crippen molar-refractivity contribution in [2.24, 2.45) is 5.73 Å². The molecule has 2 heterocycles. The summed E-state index contributed by atoms with van der Waals surface area (Å²) in [5.41, 5.74) is 5.69. The normalized spacial score (nSPS) is 24.6. The van der Waals surface area contributed by atoms with E-state index in [1.807, 2.05) is 36.4 Å². The number of carbonyl (C=O) groups excluding carboxylic acids is 2. The highest BCUT2D eigenvalue weighted by atomic mass is 28.4. The Morgan fingerprint density at radius 1 is 0.842 bits per heavy atom. The lowest BCUT2D eigenvalue weighted by Gasteiger charge is -2.44. The fourth-order valence-electron chi connectivity index (χ4n) is 8.31. The van der Waals surface area contributed by atoms with E-state index in [9.17, 15) is 19.8 Å². The number of nitrogens with zero attached hydrogens (tertiary/aromatic N) is 1. The van der Waals surface area contributed by atoms with Crippen LogP contribution in [0.25, 0.3) is 0 Å². The molecular formula is C45H73N3O8Si. The number of ether oxygens (including phenoxy) is 3. The molecule has 1 amide bonds. The first kappa shape index (κ1) is 47.0. The Kier molecular flexibility index (Phi) is 19.6. The van der Waals surface area contributed by atoms with Crippen LogP contribution in [0.2, 0.25) is 5.04 Å². The standard InChI is InChI=1S/C45H73N3O8Si/c1-6-7-8-9-10-11-12-13-14-15-16-17-24-29-40(49)55-39-31-48(5)37(33-53-44-42(51)41(50)38(30-46)56-44)43(52)47-36(39)32-54-57(45(2,3)4,34-25-20-18-21-26-34)35-27-22-19-23-28-35/h18-23,25-28,36-39,41-42,44,50-51H,6-17,24,29-33,46H2,1-5H3,(H,47,52)/t36-,37+,38-,39+,41-,42-,44-/m1/s1. The number of aliphatic hydroxyl groups is 2. The van der Waals surface area contributed by atoms with Gasteiger partial charge < -0.3 is 39.9 Å². The Labute approximate surface area is 343 Å². The van der Waals surface area contributed by atoms with Gasteiger partial charge >= 0.3 is 5.97 Å². The van der Waals surface area contributed by atoms with E-state index in [4.69, 9.17) is 24.4 Å². The number of carbonyl (C=O) groups is 2. The molecule has 0 aromatic heterocycles. The molecular weight excluding hydrogens is 739 g/mol. The van der Waals surface area contributed by atoms with E-state index in [1.165, 1.54) is 64.2 Å². The summed E-state index contributed by atoms with van der Waals surface area (Å²) >= 11 is 0. The van der Waals surface area contributed by atoms with Crippen molar-refractivity contribution in [3.8, 4) is 0 Å². The third kappa shape index (κ3) is 13.4. The quantitative estimate of drug-likeness (QED) is 0.0635. The van der Waals surface area contributed by atoms with Gasteiger partial charge in [-0.2, -0.15) is 0 Å². The number of amides is 1. The Bertz CT molecular complexity index is 1410. The monoisotopic (exact) mass is 812 g/mol. The second-order valence-electron chi connectivity index (χ2n) is 17.2. The van der Waals surface area contributed by atoms with Crippen molar-refractivity contribution in [1.29, 1.82) is 0 Å². The van der Waals surface area contributed by atoms with Crippen molar-refractivity contribution in [1.82, 2.24) is 10.2 Å². The number of esters is 1. The van der Waals surface area contributed by atoms with E-state index >= 15 is 0 Å². The highest BCUT2D eigenvalue weighted by Gasteiger charge is 2.51. The summed E-state index contributed by atoms with van der Waals surface area (Å²) in [5.74, 6) is -0.618. The molecule has 12 heteroatoms. The Hall–Kier alpha value is -2.68. The van der Waals surface area contributed by atoms with Crippen LogP contribution in [0.5, 0.6) is 0 Å². The summed E-state index contributed by atoms with van der Waals surface area (Å²) in [7, 11) is -1.21. The minimum absolute atomic E-state index is 0.0152. The van der Waals surface area contributed by atoms with Crippen molar-refractivity contribution in [2.75, 3.05) is 33.4 Å². The van der Waals surface area contributed by atoms with Gasteiger partial charge in [-0.15, -0.1) is 0 Å². The highest BCUT2D eigenvalue weighted by Crippen LogP contribution is 2.37. The van der Waals surface area contributed by atoms with Crippen molar-refractivity contribution < 1.29 is 38.4 Å². The zero-order valence-electron chi connectivity index (χ0n) is 35.4. The number of hydrogen-bond acceptors (Lipinski definition) is 10. The molecule has 4 rings (SSSR count). The molecule has 7 atom stereocenters. The Morgan fingerprint density at radius 3 is 1.86 bits per heavy atom. The number of hydrogen-bond donors (Lipinski definition) is 4. The number of nitrogens with one attached hydrogen (secondary N) is 1. The molecule has 0 bridgehead atoms. The third-order valence-corrected chi connectivity index (χ3v) is 16.7. The molecule has 0 saturated carbocycles. The summed E-state index contributed by atoms with van der Waals surface area (Å²) in [6.45, 7) is 9.10. The minimum atomic E-state index is -2.99. The van der Waals surface area contributed by atoms with Crippen LogP contribution < -0.4 is 21.4 Å². The van der Waals surface area contributed by atoms with Crippen molar-refractivity contribution in [2.45, 2.75) is 165 Å². The minimum Gasteiger partial charge on any atom is -0.459 e. The molecule has 0 aliphatic carbocycles. The van der Waals surface area contributed by atoms with Crippen LogP contribution in [0.1, 0.15) is 118 Å². The van der Waals surface area contributed by atoms with Crippen LogP contribution in [-0.4, -0.2) is 111 Å². The van der Waals surface area contributed by atoms with Crippen LogP contribution in [0.4, 0.5) is 0 Å². The zero-order valence-corrected chi connectivity index (χ0v) is 36.4. The molecule has 57 heavy (non-hydrogen) atoms. The number of unbranched alkanes of at least 4 members (excludes halogenated alkanes) is 12. The second kappa shape index (κ2) is 23.8. The van der Waals surface area contributed by atoms with Gasteiger partial charge in [0.1, 0.15) is 30.5 Å². The maximum Gasteiger partial charge on any atom is 0.306 e. The van der Waals surface area contributed by atoms with Crippen LogP contribution in [0, 0.1) is 0 Å². The number of benzene rings is 2. The number of likely N-dealkylation sites (N-methyl/N-ethyl adjacent to an activating group) is 1. The predicted octanol–water partition coefficient (Wildman–Crippen LogP) is 5.18. The molecule has 2 fully saturated rings. The first-order chi connectivity index (χ1) is 27.4. The summed E-state index contributed by atoms with van der Waals surface area (Å²) < 4.78 is 25.0. The van der Waals surface area contributed by atoms with Gasteiger partial charge in [0.15, 0.2) is 6.29 Å². The number of aliphatic hydroxyl groups excluding tert-OH is 2. The average Bonchev–Trinajstić information content (AvgIpc) is 3.41. The lowest BCUT2D eigenvalue weighted by molar-refractivity contribution is -0.174. The van der Waals surface area contributed by atoms with E-state index in [1.54, 1.807) is 11.9 Å². The van der Waals surface area contributed by atoms with E-state index in [2.05, 4.69) is 57.3 Å². The summed E-state index contributed by atoms with van der Waals surface area (Å²) in [4.78, 5) is 29.3. The molecule has 0 radical (unpaired) electrons. The predicted molar refractivity (Wildman–Crippen MR) is 228 cm³/mol. The van der Waals surface area contributed by atoms with Crippen LogP contribution in [0.3, 0.4) is 0 Å². The lowest BCUT2D eigenvalue weighted by atomic mass is 10.0. The molecule has 11 nitrogen and oxygen atoms in total. The fourth-order valence-corrected chi connectivity index (χ4v) is 12.9. The Morgan fingerprint density at radius 2 is 1.37 bits per heavy atom. The van der Waals surface area contributed by atoms with Crippen LogP contribution in [-0.2, 0) is 28.2 Å². The van der Waals surface area contributed by atoms with Gasteiger partial charge in [-0.3, -0.25) is 14.5 Å². The molecule has 2 aliphatic heterocycles. The highest BCUT2D eigenvalue weighted by molar-refractivity contribution is 6.99. The van der Waals surface area contributed by atoms with Gasteiger partial charge in [-0.05, 0) is 28.9 Å². The van der Waals surface area contributed by atoms with E-state index in [0.717, 1.165) is 29.6 Å². The maximum absolute atomic E-state index is 14.0. The van der Waals surface area contributed by atoms with Gasteiger partial charge in [0, 0.05) is 19.5 Å². The largest absolute Gasteiger partial charge is 0.459 e. The van der Waals surface area contributed by atoms with Gasteiger partial charge in [-0.1, -0.05) is 165 Å². The van der Waals surface area contributed by atoms with E-state index < -0.39 is 51.1 Å². The molecule has 0 spiro atoms. The lowest BCUT2D eigenvalue weighted by Crippen LogP contribution is -2.68. The molecule has 2 aliphatic rings. The maximum atomic E-state index is 14.0. The first-order valence-corrected chi connectivity index (χ1v) is 23.6. The third-order valence-electron chi connectivity index (χ3n) is 11.7. The van der Waals surface area contributed by atoms with Gasteiger partial charge in [0.05, 0.1) is 19.3 Å². The van der Waals surface area contributed by atoms with Crippen molar-refractivity contribution in [3.63, 3.8) is 0 Å². The molecule has 2 saturated heterocycles. The fraction of sp³-hybridized carbons (Fsp3) is 0.689. The molecule has 2 aromatic rings. The van der Waals surface area contributed by atoms with E-state index in [-0.39, 0.29) is 43.2 Å². The van der Waals surface area contributed by atoms with Crippen molar-refractivity contribution in [3.05, 3.63) is 60.7 Å². The molecule has 0 unspecified atom stereocenters. The molecule has 320 valence electrons. The summed E-state index contributed by atoms with van der Waals surface area (Å²) in [6, 6.07) is 19.2. The Balaban J connectivity index is 1.43. The smallest absolute Gasteiger partial charge is 0.306 e. The van der Waals surface area contributed by atoms with Crippen LogP contribution >= 0.6 is 0 Å². The number of nitrogens with two attached hydrogens (primary N) is 1. The average molecular weight is 812 g/mol.